The molecule has 0 aliphatic rings. The number of nitrogens with one attached hydrogen (secondary N) is 1. The van der Waals surface area contributed by atoms with Crippen molar-refractivity contribution in [3.63, 3.8) is 0 Å². The lowest BCUT2D eigenvalue weighted by atomic mass is 10.2. The van der Waals surface area contributed by atoms with Gasteiger partial charge in [0.25, 0.3) is 0 Å². The monoisotopic (exact) mass is 238 g/mol. The summed E-state index contributed by atoms with van der Waals surface area (Å²) in [5, 5.41) is 4.89. The molecule has 2 rings (SSSR count). The highest BCUT2D eigenvalue weighted by atomic mass is 35.5. The Kier molecular flexibility index (Phi) is 3.23. The van der Waals surface area contributed by atoms with Gasteiger partial charge in [-0.25, -0.2) is 4.98 Å². The number of rotatable bonds is 3. The summed E-state index contributed by atoms with van der Waals surface area (Å²) in [6.07, 6.45) is 1.85. The van der Waals surface area contributed by atoms with Crippen molar-refractivity contribution in [2.45, 2.75) is 6.92 Å². The second kappa shape index (κ2) is 4.64. The summed E-state index contributed by atoms with van der Waals surface area (Å²) < 4.78 is 0. The van der Waals surface area contributed by atoms with E-state index in [9.17, 15) is 0 Å². The molecule has 0 fully saturated rings. The van der Waals surface area contributed by atoms with Gasteiger partial charge in [0.1, 0.15) is 0 Å². The average Bonchev–Trinajstić information content (AvgIpc) is 2.68. The highest BCUT2D eigenvalue weighted by molar-refractivity contribution is 7.18. The Morgan fingerprint density at radius 2 is 2.20 bits per heavy atom. The van der Waals surface area contributed by atoms with Crippen LogP contribution in [0, 0.1) is 0 Å². The van der Waals surface area contributed by atoms with Gasteiger partial charge in [-0.1, -0.05) is 41.1 Å². The van der Waals surface area contributed by atoms with E-state index in [0.717, 1.165) is 27.1 Å². The normalized spacial score (nSPS) is 10.3. The summed E-state index contributed by atoms with van der Waals surface area (Å²) in [6, 6.07) is 7.81. The Morgan fingerprint density at radius 1 is 1.40 bits per heavy atom. The van der Waals surface area contributed by atoms with E-state index in [4.69, 9.17) is 11.6 Å². The molecule has 4 heteroatoms. The first kappa shape index (κ1) is 10.5. The molecule has 0 unspecified atom stereocenters. The zero-order valence-corrected chi connectivity index (χ0v) is 9.90. The molecule has 1 heterocycles. The molecule has 0 saturated heterocycles. The van der Waals surface area contributed by atoms with Crippen LogP contribution in [0.5, 0.6) is 0 Å². The van der Waals surface area contributed by atoms with E-state index in [2.05, 4.69) is 17.2 Å². The largest absolute Gasteiger partial charge is 0.362 e. The minimum absolute atomic E-state index is 0.768. The molecule has 0 radical (unpaired) electrons. The third-order valence-corrected chi connectivity index (χ3v) is 3.29. The van der Waals surface area contributed by atoms with Crippen molar-refractivity contribution in [3.05, 3.63) is 35.5 Å². The van der Waals surface area contributed by atoms with Crippen molar-refractivity contribution in [2.75, 3.05) is 11.9 Å². The highest BCUT2D eigenvalue weighted by Crippen LogP contribution is 2.33. The summed E-state index contributed by atoms with van der Waals surface area (Å²) in [4.78, 5) is 5.37. The molecule has 1 N–H and O–H groups in total. The van der Waals surface area contributed by atoms with Crippen molar-refractivity contribution >= 4 is 28.1 Å². The number of aromatic nitrogens is 1. The van der Waals surface area contributed by atoms with Gasteiger partial charge in [-0.2, -0.15) is 0 Å². The number of halogens is 1. The van der Waals surface area contributed by atoms with Gasteiger partial charge in [-0.3, -0.25) is 0 Å². The highest BCUT2D eigenvalue weighted by Gasteiger charge is 2.06. The molecule has 2 nitrogen and oxygen atoms in total. The van der Waals surface area contributed by atoms with E-state index in [1.807, 2.05) is 30.5 Å². The summed E-state index contributed by atoms with van der Waals surface area (Å²) in [6.45, 7) is 2.94. The van der Waals surface area contributed by atoms with E-state index >= 15 is 0 Å². The van der Waals surface area contributed by atoms with E-state index < -0.39 is 0 Å². The van der Waals surface area contributed by atoms with Gasteiger partial charge in [-0.15, -0.1) is 0 Å². The Bertz CT molecular complexity index is 453. The van der Waals surface area contributed by atoms with E-state index in [1.165, 1.54) is 0 Å². The first-order valence-corrected chi connectivity index (χ1v) is 5.95. The smallest absolute Gasteiger partial charge is 0.183 e. The van der Waals surface area contributed by atoms with Crippen LogP contribution in [0.2, 0.25) is 5.02 Å². The molecule has 1 aromatic heterocycles. The number of anilines is 1. The number of hydrogen-bond donors (Lipinski definition) is 1. The molecule has 2 aromatic rings. The fourth-order valence-electron chi connectivity index (χ4n) is 1.29. The second-order valence-electron chi connectivity index (χ2n) is 3.04. The predicted molar refractivity (Wildman–Crippen MR) is 66.7 cm³/mol. The van der Waals surface area contributed by atoms with Crippen LogP contribution < -0.4 is 5.32 Å². The van der Waals surface area contributed by atoms with Gasteiger partial charge in [-0.05, 0) is 13.0 Å². The van der Waals surface area contributed by atoms with E-state index in [1.54, 1.807) is 11.3 Å². The molecule has 15 heavy (non-hydrogen) atoms. The van der Waals surface area contributed by atoms with Crippen molar-refractivity contribution < 1.29 is 0 Å². The van der Waals surface area contributed by atoms with Crippen LogP contribution in [0.3, 0.4) is 0 Å². The average molecular weight is 239 g/mol. The van der Waals surface area contributed by atoms with Gasteiger partial charge < -0.3 is 5.32 Å². The minimum Gasteiger partial charge on any atom is -0.362 e. The Hall–Kier alpha value is -1.06. The van der Waals surface area contributed by atoms with Crippen molar-refractivity contribution in [2.24, 2.45) is 0 Å². The van der Waals surface area contributed by atoms with Crippen LogP contribution in [0.4, 0.5) is 5.13 Å². The lowest BCUT2D eigenvalue weighted by Gasteiger charge is -1.98. The quantitative estimate of drug-likeness (QED) is 0.878. The maximum Gasteiger partial charge on any atom is 0.183 e. The van der Waals surface area contributed by atoms with Crippen LogP contribution in [0.25, 0.3) is 10.4 Å². The molecule has 0 aliphatic heterocycles. The fraction of sp³-hybridized carbons (Fsp3) is 0.182. The maximum atomic E-state index is 6.10. The van der Waals surface area contributed by atoms with Crippen molar-refractivity contribution in [1.29, 1.82) is 0 Å². The maximum absolute atomic E-state index is 6.10. The van der Waals surface area contributed by atoms with Crippen LogP contribution >= 0.6 is 22.9 Å². The standard InChI is InChI=1S/C11H11ClN2S/c1-2-13-11-14-7-10(15-11)8-5-3-4-6-9(8)12/h3-7H,2H2,1H3,(H,13,14). The number of hydrogen-bond acceptors (Lipinski definition) is 3. The van der Waals surface area contributed by atoms with Crippen LogP contribution in [0.1, 0.15) is 6.92 Å². The summed E-state index contributed by atoms with van der Waals surface area (Å²) >= 11 is 7.72. The molecular weight excluding hydrogens is 228 g/mol. The molecule has 0 atom stereocenters. The topological polar surface area (TPSA) is 24.9 Å². The van der Waals surface area contributed by atoms with Gasteiger partial charge in [0.05, 0.1) is 4.88 Å². The summed E-state index contributed by atoms with van der Waals surface area (Å²) in [5.41, 5.74) is 1.04. The lowest BCUT2D eigenvalue weighted by molar-refractivity contribution is 1.19. The van der Waals surface area contributed by atoms with Gasteiger partial charge in [0, 0.05) is 23.3 Å². The van der Waals surface area contributed by atoms with Crippen LogP contribution in [0.15, 0.2) is 30.5 Å². The van der Waals surface area contributed by atoms with Crippen molar-refractivity contribution in [3.8, 4) is 10.4 Å². The zero-order valence-electron chi connectivity index (χ0n) is 8.33. The number of nitrogens with zero attached hydrogens (tertiary/aromatic N) is 1. The molecule has 0 spiro atoms. The summed E-state index contributed by atoms with van der Waals surface area (Å²) in [7, 11) is 0. The second-order valence-corrected chi connectivity index (χ2v) is 4.48. The van der Waals surface area contributed by atoms with Gasteiger partial charge in [0.15, 0.2) is 5.13 Å². The molecule has 1 aromatic carbocycles. The molecule has 0 amide bonds. The molecule has 0 saturated carbocycles. The fourth-order valence-corrected chi connectivity index (χ4v) is 2.51. The van der Waals surface area contributed by atoms with Gasteiger partial charge >= 0.3 is 0 Å². The zero-order chi connectivity index (χ0) is 10.7. The van der Waals surface area contributed by atoms with Crippen LogP contribution in [-0.4, -0.2) is 11.5 Å². The van der Waals surface area contributed by atoms with Crippen LogP contribution in [-0.2, 0) is 0 Å². The Labute approximate surface area is 97.9 Å². The lowest BCUT2D eigenvalue weighted by Crippen LogP contribution is -1.94. The first-order chi connectivity index (χ1) is 7.31. The molecule has 0 bridgehead atoms. The SMILES string of the molecule is CCNc1ncc(-c2ccccc2Cl)s1. The Morgan fingerprint density at radius 3 is 2.93 bits per heavy atom. The van der Waals surface area contributed by atoms with E-state index in [0.29, 0.717) is 0 Å². The third-order valence-electron chi connectivity index (χ3n) is 1.97. The van der Waals surface area contributed by atoms with Gasteiger partial charge in [0.2, 0.25) is 0 Å². The molecular formula is C11H11ClN2S. The first-order valence-electron chi connectivity index (χ1n) is 4.76. The summed E-state index contributed by atoms with van der Waals surface area (Å²) in [5.74, 6) is 0. The number of thiazole rings is 1. The van der Waals surface area contributed by atoms with Crippen molar-refractivity contribution in [1.82, 2.24) is 4.98 Å². The number of benzene rings is 1. The Balaban J connectivity index is 2.33. The third kappa shape index (κ3) is 2.30. The predicted octanol–water partition coefficient (Wildman–Crippen LogP) is 3.90. The minimum atomic E-state index is 0.768. The molecule has 78 valence electrons. The molecule has 0 aliphatic carbocycles. The van der Waals surface area contributed by atoms with E-state index in [-0.39, 0.29) is 0 Å².